The number of aromatic nitrogens is 1. The zero-order valence-electron chi connectivity index (χ0n) is 18.3. The lowest BCUT2D eigenvalue weighted by molar-refractivity contribution is -0.119. The highest BCUT2D eigenvalue weighted by atomic mass is 35.5. The van der Waals surface area contributed by atoms with Crippen LogP contribution in [0.2, 0.25) is 5.02 Å². The van der Waals surface area contributed by atoms with Crippen LogP contribution in [-0.4, -0.2) is 37.9 Å². The van der Waals surface area contributed by atoms with Crippen LogP contribution in [0.5, 0.6) is 0 Å². The number of carbonyl (C=O) groups excluding carboxylic acids is 1. The zero-order valence-corrected chi connectivity index (χ0v) is 19.9. The van der Waals surface area contributed by atoms with Crippen molar-refractivity contribution < 1.29 is 13.2 Å². The van der Waals surface area contributed by atoms with Crippen LogP contribution in [0.4, 0.5) is 5.69 Å². The predicted octanol–water partition coefficient (Wildman–Crippen LogP) is 3.97. The number of hydrogen-bond acceptors (Lipinski definition) is 4. The van der Waals surface area contributed by atoms with Gasteiger partial charge in [0.1, 0.15) is 6.54 Å². The Balaban J connectivity index is 1.73. The quantitative estimate of drug-likeness (QED) is 0.417. The topological polar surface area (TPSA) is 83.8 Å². The molecular weight excluding hydrogens is 448 g/mol. The lowest BCUT2D eigenvalue weighted by Crippen LogP contribution is -2.39. The molecule has 0 saturated carbocycles. The monoisotopic (exact) mass is 472 g/mol. The molecule has 7 nitrogen and oxygen atoms in total. The Kier molecular flexibility index (Phi) is 7.06. The summed E-state index contributed by atoms with van der Waals surface area (Å²) in [4.78, 5) is 12.4. The first-order valence-electron chi connectivity index (χ1n) is 9.87. The molecule has 0 aliphatic rings. The zero-order chi connectivity index (χ0) is 23.5. The minimum atomic E-state index is -3.69. The Bertz CT molecular complexity index is 1260. The van der Waals surface area contributed by atoms with Crippen LogP contribution in [0.25, 0.3) is 5.69 Å². The number of hydrazone groups is 1. The van der Waals surface area contributed by atoms with Crippen molar-refractivity contribution in [3.63, 3.8) is 0 Å². The summed E-state index contributed by atoms with van der Waals surface area (Å²) < 4.78 is 27.4. The fourth-order valence-electron chi connectivity index (χ4n) is 3.38. The van der Waals surface area contributed by atoms with E-state index in [0.29, 0.717) is 10.7 Å². The molecule has 1 aromatic heterocycles. The summed E-state index contributed by atoms with van der Waals surface area (Å²) in [5.41, 5.74) is 7.78. The van der Waals surface area contributed by atoms with E-state index in [1.54, 1.807) is 24.4 Å². The van der Waals surface area contributed by atoms with Gasteiger partial charge in [0.2, 0.25) is 10.0 Å². The number of benzene rings is 2. The van der Waals surface area contributed by atoms with Gasteiger partial charge in [-0.25, -0.2) is 13.8 Å². The number of amides is 1. The van der Waals surface area contributed by atoms with E-state index in [-0.39, 0.29) is 0 Å². The molecule has 0 atom stereocenters. The maximum Gasteiger partial charge on any atom is 0.260 e. The van der Waals surface area contributed by atoms with Gasteiger partial charge in [-0.3, -0.25) is 9.10 Å². The van der Waals surface area contributed by atoms with Crippen LogP contribution in [0.1, 0.15) is 22.5 Å². The van der Waals surface area contributed by atoms with Gasteiger partial charge in [-0.15, -0.1) is 0 Å². The number of halogens is 1. The summed E-state index contributed by atoms with van der Waals surface area (Å²) in [6.07, 6.45) is 2.58. The van der Waals surface area contributed by atoms with Gasteiger partial charge in [-0.05, 0) is 57.2 Å². The number of carbonyl (C=O) groups is 1. The molecule has 3 rings (SSSR count). The Morgan fingerprint density at radius 2 is 1.81 bits per heavy atom. The molecule has 0 spiro atoms. The minimum absolute atomic E-state index is 0.306. The maximum absolute atomic E-state index is 12.4. The molecule has 168 valence electrons. The van der Waals surface area contributed by atoms with Crippen molar-refractivity contribution in [2.45, 2.75) is 20.8 Å². The molecule has 2 aromatic carbocycles. The van der Waals surface area contributed by atoms with E-state index in [9.17, 15) is 13.2 Å². The van der Waals surface area contributed by atoms with Crippen LogP contribution in [0.15, 0.2) is 59.7 Å². The van der Waals surface area contributed by atoms with Crippen LogP contribution < -0.4 is 9.73 Å². The van der Waals surface area contributed by atoms with E-state index < -0.39 is 22.5 Å². The van der Waals surface area contributed by atoms with Crippen LogP contribution in [-0.2, 0) is 14.8 Å². The summed E-state index contributed by atoms with van der Waals surface area (Å²) in [5, 5.41) is 4.40. The smallest absolute Gasteiger partial charge is 0.260 e. The molecule has 0 aliphatic heterocycles. The van der Waals surface area contributed by atoms with Gasteiger partial charge in [0.25, 0.3) is 5.91 Å². The third-order valence-corrected chi connectivity index (χ3v) is 6.31. The minimum Gasteiger partial charge on any atom is -0.318 e. The second kappa shape index (κ2) is 9.58. The molecule has 3 aromatic rings. The molecule has 0 fully saturated rings. The first-order chi connectivity index (χ1) is 15.1. The second-order valence-electron chi connectivity index (χ2n) is 7.54. The van der Waals surface area contributed by atoms with Crippen LogP contribution in [0.3, 0.4) is 0 Å². The average molecular weight is 473 g/mol. The van der Waals surface area contributed by atoms with E-state index in [2.05, 4.69) is 27.2 Å². The Morgan fingerprint density at radius 1 is 1.12 bits per heavy atom. The number of aryl methyl sites for hydroxylation is 2. The van der Waals surface area contributed by atoms with Gasteiger partial charge < -0.3 is 4.57 Å². The van der Waals surface area contributed by atoms with Gasteiger partial charge in [0.05, 0.1) is 18.2 Å². The van der Waals surface area contributed by atoms with Gasteiger partial charge in [0, 0.05) is 27.7 Å². The fraction of sp³-hybridized carbons (Fsp3) is 0.217. The number of sulfonamides is 1. The van der Waals surface area contributed by atoms with Crippen LogP contribution >= 0.6 is 11.6 Å². The highest BCUT2D eigenvalue weighted by Gasteiger charge is 2.21. The number of rotatable bonds is 7. The van der Waals surface area contributed by atoms with E-state index >= 15 is 0 Å². The van der Waals surface area contributed by atoms with Crippen molar-refractivity contribution in [2.24, 2.45) is 5.10 Å². The summed E-state index contributed by atoms with van der Waals surface area (Å²) in [6.45, 7) is 5.59. The van der Waals surface area contributed by atoms with E-state index in [1.165, 1.54) is 11.6 Å². The highest BCUT2D eigenvalue weighted by Crippen LogP contribution is 2.22. The Hall–Kier alpha value is -3.10. The molecule has 0 aliphatic carbocycles. The molecule has 1 N–H and O–H groups in total. The molecule has 0 radical (unpaired) electrons. The molecule has 0 unspecified atom stereocenters. The number of nitrogens with zero attached hydrogens (tertiary/aromatic N) is 3. The third-order valence-electron chi connectivity index (χ3n) is 4.94. The summed E-state index contributed by atoms with van der Waals surface area (Å²) in [7, 11) is -3.69. The van der Waals surface area contributed by atoms with Crippen molar-refractivity contribution in [2.75, 3.05) is 17.1 Å². The molecule has 1 amide bonds. The Labute approximate surface area is 193 Å². The number of nitrogens with one attached hydrogen (secondary N) is 1. The molecule has 0 bridgehead atoms. The highest BCUT2D eigenvalue weighted by molar-refractivity contribution is 7.92. The average Bonchev–Trinajstić information content (AvgIpc) is 2.99. The van der Waals surface area contributed by atoms with E-state index in [4.69, 9.17) is 11.6 Å². The lowest BCUT2D eigenvalue weighted by Gasteiger charge is -2.21. The van der Waals surface area contributed by atoms with Gasteiger partial charge in [-0.2, -0.15) is 5.10 Å². The van der Waals surface area contributed by atoms with Crippen molar-refractivity contribution in [3.05, 3.63) is 82.1 Å². The molecule has 9 heteroatoms. The summed E-state index contributed by atoms with van der Waals surface area (Å²) >= 11 is 5.96. The largest absolute Gasteiger partial charge is 0.318 e. The molecule has 32 heavy (non-hydrogen) atoms. The SMILES string of the molecule is Cc1ccc(-n2c(C)cc(/C=N/NC(=O)CN(c3cccc(Cl)c3)S(C)(=O)=O)c2C)cc1. The predicted molar refractivity (Wildman–Crippen MR) is 129 cm³/mol. The third kappa shape index (κ3) is 5.57. The van der Waals surface area contributed by atoms with Crippen molar-refractivity contribution in [1.82, 2.24) is 9.99 Å². The fourth-order valence-corrected chi connectivity index (χ4v) is 4.41. The summed E-state index contributed by atoms with van der Waals surface area (Å²) in [5.74, 6) is -0.570. The van der Waals surface area contributed by atoms with Gasteiger partial charge in [0.15, 0.2) is 0 Å². The lowest BCUT2D eigenvalue weighted by atomic mass is 10.2. The number of anilines is 1. The van der Waals surface area contributed by atoms with E-state index in [0.717, 1.165) is 33.2 Å². The van der Waals surface area contributed by atoms with Crippen molar-refractivity contribution >= 4 is 39.4 Å². The molecule has 1 heterocycles. The normalized spacial score (nSPS) is 11.7. The number of hydrogen-bond donors (Lipinski definition) is 1. The first-order valence-corrected chi connectivity index (χ1v) is 12.1. The standard InChI is InChI=1S/C23H25ClN4O3S/c1-16-8-10-21(11-9-16)28-17(2)12-19(18(28)3)14-25-26-23(29)15-27(32(4,30)31)22-7-5-6-20(24)13-22/h5-14H,15H2,1-4H3,(H,26,29)/b25-14+. The Morgan fingerprint density at radius 3 is 2.44 bits per heavy atom. The van der Waals surface area contributed by atoms with Gasteiger partial charge in [-0.1, -0.05) is 35.4 Å². The van der Waals surface area contributed by atoms with Crippen LogP contribution in [0, 0.1) is 20.8 Å². The van der Waals surface area contributed by atoms with E-state index in [1.807, 2.05) is 39.0 Å². The maximum atomic E-state index is 12.4. The first kappa shape index (κ1) is 23.6. The molecular formula is C23H25ClN4O3S. The van der Waals surface area contributed by atoms with Crippen molar-refractivity contribution in [3.8, 4) is 5.69 Å². The van der Waals surface area contributed by atoms with Crippen molar-refractivity contribution in [1.29, 1.82) is 0 Å². The molecule has 0 saturated heterocycles. The second-order valence-corrected chi connectivity index (χ2v) is 9.88. The van der Waals surface area contributed by atoms with Gasteiger partial charge >= 0.3 is 0 Å². The summed E-state index contributed by atoms with van der Waals surface area (Å²) in [6, 6.07) is 16.5.